The molecule has 312 valence electrons. The van der Waals surface area contributed by atoms with Gasteiger partial charge in [0.15, 0.2) is 0 Å². The van der Waals surface area contributed by atoms with E-state index in [4.69, 9.17) is 21.1 Å². The fraction of sp³-hybridized carbons (Fsp3) is 0.404. The fourth-order valence-electron chi connectivity index (χ4n) is 8.06. The number of halogens is 1. The maximum atomic E-state index is 13.4. The molecule has 0 bridgehead atoms. The molecule has 4 aromatic carbocycles. The highest BCUT2D eigenvalue weighted by Crippen LogP contribution is 2.39. The molecular formula is C47H56ClN5O6. The number of aryl methyl sites for hydroxylation is 4. The smallest absolute Gasteiger partial charge is 0.411 e. The number of anilines is 6. The molecule has 0 spiro atoms. The molecule has 4 aromatic rings. The number of ether oxygens (including phenoxy) is 2. The Hall–Kier alpha value is -5.39. The van der Waals surface area contributed by atoms with Gasteiger partial charge in [0.1, 0.15) is 5.88 Å². The van der Waals surface area contributed by atoms with E-state index in [0.29, 0.717) is 31.1 Å². The summed E-state index contributed by atoms with van der Waals surface area (Å²) in [7, 11) is 0. The quantitative estimate of drug-likeness (QED) is 0.178. The van der Waals surface area contributed by atoms with Crippen LogP contribution in [0.4, 0.5) is 43.7 Å². The number of likely N-dealkylation sites (tertiary alicyclic amines) is 1. The van der Waals surface area contributed by atoms with Crippen LogP contribution in [0, 0.1) is 0 Å². The van der Waals surface area contributed by atoms with Gasteiger partial charge in [-0.15, -0.1) is 11.6 Å². The fourth-order valence-corrected chi connectivity index (χ4v) is 8.17. The first-order valence-corrected chi connectivity index (χ1v) is 21.6. The molecule has 1 saturated carbocycles. The van der Waals surface area contributed by atoms with Crippen LogP contribution >= 0.6 is 11.6 Å². The van der Waals surface area contributed by atoms with E-state index in [2.05, 4.69) is 21.6 Å². The molecule has 3 aliphatic heterocycles. The lowest BCUT2D eigenvalue weighted by Gasteiger charge is -2.27. The highest BCUT2D eigenvalue weighted by Gasteiger charge is 2.29. The molecule has 0 radical (unpaired) electrons. The van der Waals surface area contributed by atoms with Gasteiger partial charge in [-0.25, -0.2) is 9.59 Å². The molecule has 0 atom stereocenters. The van der Waals surface area contributed by atoms with Crippen molar-refractivity contribution in [1.82, 2.24) is 4.90 Å². The van der Waals surface area contributed by atoms with E-state index in [9.17, 15) is 19.2 Å². The van der Waals surface area contributed by atoms with E-state index in [0.717, 1.165) is 91.1 Å². The summed E-state index contributed by atoms with van der Waals surface area (Å²) in [6.07, 6.45) is 12.1. The molecule has 59 heavy (non-hydrogen) atoms. The number of carbonyl (C=O) groups excluding carboxylic acids is 4. The normalized spacial score (nSPS) is 15.2. The Morgan fingerprint density at radius 1 is 0.542 bits per heavy atom. The van der Waals surface area contributed by atoms with Crippen LogP contribution in [0.1, 0.15) is 81.0 Å². The Morgan fingerprint density at radius 3 is 1.37 bits per heavy atom. The van der Waals surface area contributed by atoms with Crippen molar-refractivity contribution in [3.05, 3.63) is 107 Å². The number of hydrogen-bond donors (Lipinski definition) is 2. The Balaban J connectivity index is 0.000000179. The van der Waals surface area contributed by atoms with Gasteiger partial charge < -0.3 is 9.47 Å². The Bertz CT molecular complexity index is 2070. The van der Waals surface area contributed by atoms with Crippen molar-refractivity contribution >= 4 is 69.7 Å². The third-order valence-electron chi connectivity index (χ3n) is 10.9. The van der Waals surface area contributed by atoms with Crippen LogP contribution in [0.2, 0.25) is 0 Å². The molecule has 0 unspecified atom stereocenters. The summed E-state index contributed by atoms with van der Waals surface area (Å²) in [6, 6.07) is 27.2. The summed E-state index contributed by atoms with van der Waals surface area (Å²) in [5.74, 6) is -0.259. The number of amides is 4. The van der Waals surface area contributed by atoms with Gasteiger partial charge in [0.2, 0.25) is 11.8 Å². The summed E-state index contributed by atoms with van der Waals surface area (Å²) < 4.78 is 9.91. The van der Waals surface area contributed by atoms with Crippen LogP contribution < -0.4 is 20.4 Å². The first kappa shape index (κ1) is 43.2. The zero-order chi connectivity index (χ0) is 41.6. The van der Waals surface area contributed by atoms with E-state index in [1.165, 1.54) is 37.7 Å². The molecule has 11 nitrogen and oxygen atoms in total. The van der Waals surface area contributed by atoms with Crippen molar-refractivity contribution in [2.75, 3.05) is 59.2 Å². The summed E-state index contributed by atoms with van der Waals surface area (Å²) >= 11 is 5.86. The number of fused-ring (bicyclic) bond motifs is 4. The van der Waals surface area contributed by atoms with E-state index in [-0.39, 0.29) is 17.7 Å². The van der Waals surface area contributed by atoms with Gasteiger partial charge in [0.05, 0.1) is 42.5 Å². The highest BCUT2D eigenvalue weighted by atomic mass is 35.5. The molecule has 4 amide bonds. The summed E-state index contributed by atoms with van der Waals surface area (Å²) in [6.45, 7) is 6.46. The van der Waals surface area contributed by atoms with E-state index in [1.807, 2.05) is 77.7 Å². The summed E-state index contributed by atoms with van der Waals surface area (Å²) in [5.41, 5.74) is 8.94. The average Bonchev–Trinajstić information content (AvgIpc) is 3.95. The molecular weight excluding hydrogens is 766 g/mol. The van der Waals surface area contributed by atoms with Crippen molar-refractivity contribution in [1.29, 1.82) is 0 Å². The minimum absolute atomic E-state index is 0.0655. The number of hydrogen-bond acceptors (Lipinski definition) is 7. The molecule has 0 aromatic heterocycles. The Morgan fingerprint density at radius 2 is 0.949 bits per heavy atom. The number of nitrogens with zero attached hydrogens (tertiary/aromatic N) is 3. The molecule has 8 rings (SSSR count). The molecule has 4 aliphatic rings. The zero-order valence-electron chi connectivity index (χ0n) is 34.3. The van der Waals surface area contributed by atoms with E-state index in [1.54, 1.807) is 24.8 Å². The topological polar surface area (TPSA) is 121 Å². The average molecular weight is 822 g/mol. The van der Waals surface area contributed by atoms with Crippen molar-refractivity contribution < 1.29 is 28.7 Å². The number of para-hydroxylation sites is 2. The van der Waals surface area contributed by atoms with E-state index < -0.39 is 12.2 Å². The van der Waals surface area contributed by atoms with Gasteiger partial charge in [-0.1, -0.05) is 80.6 Å². The number of carbonyl (C=O) groups is 4. The molecule has 2 fully saturated rings. The standard InChI is InChI=1S/C23H27N3O3.C19H19ClN2O3.C5H10/c1-2-29-23(28)24-19-12-11-18-10-9-17-7-3-4-8-20(17)26(21(18)15-19)22(27)16-25-13-5-6-14-25;1-2-25-19(24)21-15-10-9-14-8-7-13-5-3-4-6-16(13)22(17(14)11-15)18(23)12-20;1-2-4-5-3-1/h3-4,7-8,11-12,15H,2,5-6,9-10,13-14,16H2,1H3,(H,24,28);3-6,9-11H,2,7-8,12H2,1H3,(H,21,24);1-5H2. The number of nitrogens with one attached hydrogen (secondary N) is 2. The predicted molar refractivity (Wildman–Crippen MR) is 236 cm³/mol. The third-order valence-corrected chi connectivity index (χ3v) is 11.1. The lowest BCUT2D eigenvalue weighted by Crippen LogP contribution is -2.37. The Kier molecular flexibility index (Phi) is 15.8. The largest absolute Gasteiger partial charge is 0.450 e. The van der Waals surface area contributed by atoms with Crippen molar-refractivity contribution in [3.63, 3.8) is 0 Å². The van der Waals surface area contributed by atoms with Gasteiger partial charge in [0, 0.05) is 11.4 Å². The van der Waals surface area contributed by atoms with Crippen LogP contribution in [-0.2, 0) is 44.7 Å². The monoisotopic (exact) mass is 821 g/mol. The predicted octanol–water partition coefficient (Wildman–Crippen LogP) is 10.3. The lowest BCUT2D eigenvalue weighted by atomic mass is 10.0. The van der Waals surface area contributed by atoms with Crippen LogP contribution in [0.25, 0.3) is 0 Å². The molecule has 12 heteroatoms. The summed E-state index contributed by atoms with van der Waals surface area (Å²) in [5, 5.41) is 5.44. The molecule has 1 saturated heterocycles. The van der Waals surface area contributed by atoms with Crippen molar-refractivity contribution in [2.24, 2.45) is 0 Å². The minimum atomic E-state index is -0.522. The molecule has 3 heterocycles. The second kappa shape index (κ2) is 21.6. The lowest BCUT2D eigenvalue weighted by molar-refractivity contribution is -0.119. The Labute approximate surface area is 353 Å². The number of alkyl halides is 1. The third kappa shape index (κ3) is 11.4. The SMILES string of the molecule is C1CCCC1.CCOC(=O)Nc1ccc2c(c1)N(C(=O)CCl)c1ccccc1CC2.CCOC(=O)Nc1ccc2c(c1)N(C(=O)CN1CCCC1)c1ccccc1CC2. The van der Waals surface area contributed by atoms with Crippen molar-refractivity contribution in [3.8, 4) is 0 Å². The van der Waals surface area contributed by atoms with Crippen LogP contribution in [0.3, 0.4) is 0 Å². The molecule has 1 aliphatic carbocycles. The second-order valence-corrected chi connectivity index (χ2v) is 15.2. The maximum absolute atomic E-state index is 13.4. The van der Waals surface area contributed by atoms with Gasteiger partial charge in [-0.05, 0) is 124 Å². The first-order valence-electron chi connectivity index (χ1n) is 21.0. The number of rotatable bonds is 7. The maximum Gasteiger partial charge on any atom is 0.411 e. The number of benzene rings is 4. The van der Waals surface area contributed by atoms with E-state index >= 15 is 0 Å². The van der Waals surface area contributed by atoms with Gasteiger partial charge in [0.25, 0.3) is 0 Å². The van der Waals surface area contributed by atoms with Crippen LogP contribution in [0.15, 0.2) is 84.9 Å². The molecule has 2 N–H and O–H groups in total. The van der Waals surface area contributed by atoms with Gasteiger partial charge in [-0.2, -0.15) is 0 Å². The minimum Gasteiger partial charge on any atom is -0.450 e. The van der Waals surface area contributed by atoms with Crippen LogP contribution in [-0.4, -0.2) is 67.6 Å². The van der Waals surface area contributed by atoms with Crippen LogP contribution in [0.5, 0.6) is 0 Å². The first-order chi connectivity index (χ1) is 28.8. The van der Waals surface area contributed by atoms with Gasteiger partial charge >= 0.3 is 12.2 Å². The summed E-state index contributed by atoms with van der Waals surface area (Å²) in [4.78, 5) is 55.3. The van der Waals surface area contributed by atoms with Crippen molar-refractivity contribution in [2.45, 2.75) is 84.5 Å². The zero-order valence-corrected chi connectivity index (χ0v) is 35.0. The highest BCUT2D eigenvalue weighted by molar-refractivity contribution is 6.30. The second-order valence-electron chi connectivity index (χ2n) is 15.0. The van der Waals surface area contributed by atoms with Gasteiger partial charge in [-0.3, -0.25) is 34.9 Å².